The minimum Gasteiger partial charge on any atom is -0.475 e. The largest absolute Gasteiger partial charge is 0.490 e. The van der Waals surface area contributed by atoms with Gasteiger partial charge in [0.05, 0.1) is 0 Å². The van der Waals surface area contributed by atoms with E-state index in [1.54, 1.807) is 31.4 Å². The Hall–Kier alpha value is -3.63. The molecule has 0 aromatic carbocycles. The molecule has 2 fully saturated rings. The zero-order chi connectivity index (χ0) is 29.3. The van der Waals surface area contributed by atoms with Crippen LogP contribution in [0.2, 0.25) is 0 Å². The average Bonchev–Trinajstić information content (AvgIpc) is 3.05. The molecule has 2 aliphatic rings. The van der Waals surface area contributed by atoms with Crippen molar-refractivity contribution in [3.8, 4) is 0 Å². The number of pyridine rings is 1. The second-order valence-electron chi connectivity index (χ2n) is 8.72. The molecule has 1 aromatic heterocycles. The third kappa shape index (κ3) is 10.8. The molecule has 17 heteroatoms. The zero-order valence-electron chi connectivity index (χ0n) is 20.3. The van der Waals surface area contributed by atoms with Crippen LogP contribution in [0.5, 0.6) is 0 Å². The number of urea groups is 1. The van der Waals surface area contributed by atoms with E-state index in [9.17, 15) is 35.9 Å². The van der Waals surface area contributed by atoms with Gasteiger partial charge in [0.25, 0.3) is 0 Å². The Bertz CT molecular complexity index is 952. The molecular weight excluding hydrogens is 532 g/mol. The molecule has 1 atom stereocenters. The quantitative estimate of drug-likeness (QED) is 0.465. The van der Waals surface area contributed by atoms with Crippen LogP contribution in [0.25, 0.3) is 0 Å². The summed E-state index contributed by atoms with van der Waals surface area (Å²) in [7, 11) is 3.54. The van der Waals surface area contributed by atoms with Gasteiger partial charge in [-0.05, 0) is 17.7 Å². The van der Waals surface area contributed by atoms with Crippen molar-refractivity contribution in [2.24, 2.45) is 5.41 Å². The molecule has 38 heavy (non-hydrogen) atoms. The maximum Gasteiger partial charge on any atom is 0.490 e. The number of hydrogen-bond donors (Lipinski definition) is 3. The van der Waals surface area contributed by atoms with Crippen LogP contribution in [-0.4, -0.2) is 113 Å². The smallest absolute Gasteiger partial charge is 0.475 e. The molecule has 2 aliphatic heterocycles. The topological polar surface area (TPSA) is 143 Å². The number of alkyl halides is 6. The normalized spacial score (nSPS) is 19.8. The summed E-state index contributed by atoms with van der Waals surface area (Å²) in [5, 5.41) is 17.2. The summed E-state index contributed by atoms with van der Waals surface area (Å²) in [5.41, 5.74) is 0.997. The lowest BCUT2D eigenvalue weighted by atomic mass is 9.86. The SMILES string of the molecule is CN(C)C(=O)N1CCN(Cc2ccncc2)CC2(CNC(=O)C2)C1.O=C(O)C(F)(F)F.O=C(O)C(F)(F)F. The summed E-state index contributed by atoms with van der Waals surface area (Å²) in [6.45, 7) is 4.36. The highest BCUT2D eigenvalue weighted by Gasteiger charge is 2.44. The Labute approximate surface area is 213 Å². The van der Waals surface area contributed by atoms with Gasteiger partial charge in [0.15, 0.2) is 0 Å². The van der Waals surface area contributed by atoms with Crippen molar-refractivity contribution in [3.63, 3.8) is 0 Å². The Morgan fingerprint density at radius 3 is 1.89 bits per heavy atom. The van der Waals surface area contributed by atoms with Gasteiger partial charge in [0.2, 0.25) is 5.91 Å². The molecule has 3 amide bonds. The number of halogens is 6. The second-order valence-corrected chi connectivity index (χ2v) is 8.72. The van der Waals surface area contributed by atoms with Crippen molar-refractivity contribution in [1.82, 2.24) is 25.0 Å². The summed E-state index contributed by atoms with van der Waals surface area (Å²) >= 11 is 0. The number of rotatable bonds is 2. The Morgan fingerprint density at radius 2 is 1.50 bits per heavy atom. The number of carboxylic acid groups (broad SMARTS) is 2. The lowest BCUT2D eigenvalue weighted by Gasteiger charge is -2.33. The van der Waals surface area contributed by atoms with Gasteiger partial charge in [-0.25, -0.2) is 14.4 Å². The third-order valence-corrected chi connectivity index (χ3v) is 5.26. The van der Waals surface area contributed by atoms with Gasteiger partial charge >= 0.3 is 30.3 Å². The number of hydrogen-bond acceptors (Lipinski definition) is 6. The van der Waals surface area contributed by atoms with Crippen LogP contribution in [0.1, 0.15) is 12.0 Å². The van der Waals surface area contributed by atoms with Crippen LogP contribution in [0, 0.1) is 5.41 Å². The Balaban J connectivity index is 0.000000426. The summed E-state index contributed by atoms with van der Waals surface area (Å²) in [4.78, 5) is 52.0. The number of nitrogens with one attached hydrogen (secondary N) is 1. The van der Waals surface area contributed by atoms with Crippen LogP contribution in [0.4, 0.5) is 31.1 Å². The van der Waals surface area contributed by atoms with Gasteiger partial charge in [-0.15, -0.1) is 0 Å². The lowest BCUT2D eigenvalue weighted by molar-refractivity contribution is -0.193. The summed E-state index contributed by atoms with van der Waals surface area (Å²) in [6, 6.07) is 4.04. The van der Waals surface area contributed by atoms with Crippen molar-refractivity contribution in [2.75, 3.05) is 46.8 Å². The molecule has 0 radical (unpaired) electrons. The first-order chi connectivity index (χ1) is 17.4. The van der Waals surface area contributed by atoms with E-state index in [4.69, 9.17) is 19.8 Å². The van der Waals surface area contributed by atoms with Crippen LogP contribution in [0.15, 0.2) is 24.5 Å². The van der Waals surface area contributed by atoms with E-state index in [-0.39, 0.29) is 17.4 Å². The first-order valence-corrected chi connectivity index (χ1v) is 10.8. The van der Waals surface area contributed by atoms with Crippen molar-refractivity contribution >= 4 is 23.9 Å². The number of aliphatic carboxylic acids is 2. The van der Waals surface area contributed by atoms with E-state index < -0.39 is 24.3 Å². The lowest BCUT2D eigenvalue weighted by Crippen LogP contribution is -2.47. The van der Waals surface area contributed by atoms with Crippen molar-refractivity contribution < 1.29 is 55.7 Å². The van der Waals surface area contributed by atoms with Crippen molar-refractivity contribution in [1.29, 1.82) is 0 Å². The van der Waals surface area contributed by atoms with Gasteiger partial charge in [-0.2, -0.15) is 26.3 Å². The number of amides is 3. The molecule has 3 rings (SSSR count). The van der Waals surface area contributed by atoms with E-state index in [0.29, 0.717) is 26.1 Å². The molecular formula is C21H27F6N5O6. The highest BCUT2D eigenvalue weighted by Crippen LogP contribution is 2.31. The number of nitrogens with zero attached hydrogens (tertiary/aromatic N) is 4. The van der Waals surface area contributed by atoms with Gasteiger partial charge in [0, 0.05) is 77.6 Å². The third-order valence-electron chi connectivity index (χ3n) is 5.26. The van der Waals surface area contributed by atoms with E-state index >= 15 is 0 Å². The molecule has 11 nitrogen and oxygen atoms in total. The van der Waals surface area contributed by atoms with Crippen LogP contribution in [0.3, 0.4) is 0 Å². The van der Waals surface area contributed by atoms with Gasteiger partial charge in [-0.1, -0.05) is 0 Å². The van der Waals surface area contributed by atoms with Crippen molar-refractivity contribution in [2.45, 2.75) is 25.3 Å². The molecule has 1 spiro atoms. The highest BCUT2D eigenvalue weighted by atomic mass is 19.4. The fraction of sp³-hybridized carbons (Fsp3) is 0.571. The molecule has 0 saturated carbocycles. The van der Waals surface area contributed by atoms with E-state index in [0.717, 1.165) is 19.6 Å². The van der Waals surface area contributed by atoms with Gasteiger partial charge < -0.3 is 25.3 Å². The maximum absolute atomic E-state index is 12.5. The van der Waals surface area contributed by atoms with Crippen LogP contribution in [-0.2, 0) is 20.9 Å². The molecule has 1 aromatic rings. The van der Waals surface area contributed by atoms with E-state index in [1.165, 1.54) is 5.56 Å². The molecule has 0 bridgehead atoms. The number of aromatic nitrogens is 1. The minimum absolute atomic E-state index is 0.0134. The average molecular weight is 559 g/mol. The molecule has 1 unspecified atom stereocenters. The summed E-state index contributed by atoms with van der Waals surface area (Å²) in [5.74, 6) is -5.43. The molecule has 3 N–H and O–H groups in total. The summed E-state index contributed by atoms with van der Waals surface area (Å²) in [6.07, 6.45) is -6.09. The standard InChI is InChI=1S/C17H25N5O2.2C2HF3O2/c1-20(2)16(24)22-8-7-21(10-14-3-5-18-6-4-14)12-17(13-22)9-15(23)19-11-17;2*3-2(4,5)1(6)7/h3-6H,7-13H2,1-2H3,(H,19,23);2*(H,6,7). The van der Waals surface area contributed by atoms with Gasteiger partial charge in [0.1, 0.15) is 0 Å². The predicted molar refractivity (Wildman–Crippen MR) is 118 cm³/mol. The Morgan fingerprint density at radius 1 is 1.00 bits per heavy atom. The van der Waals surface area contributed by atoms with E-state index in [2.05, 4.69) is 15.2 Å². The monoisotopic (exact) mass is 559 g/mol. The first-order valence-electron chi connectivity index (χ1n) is 10.8. The van der Waals surface area contributed by atoms with Crippen LogP contribution < -0.4 is 5.32 Å². The number of carbonyl (C=O) groups excluding carboxylic acids is 2. The number of carboxylic acids is 2. The fourth-order valence-electron chi connectivity index (χ4n) is 3.65. The molecule has 3 heterocycles. The molecule has 2 saturated heterocycles. The van der Waals surface area contributed by atoms with E-state index in [1.807, 2.05) is 17.0 Å². The first kappa shape index (κ1) is 32.4. The minimum atomic E-state index is -5.08. The summed E-state index contributed by atoms with van der Waals surface area (Å²) < 4.78 is 63.5. The molecule has 214 valence electrons. The number of carbonyl (C=O) groups is 4. The zero-order valence-corrected chi connectivity index (χ0v) is 20.3. The van der Waals surface area contributed by atoms with Gasteiger partial charge in [-0.3, -0.25) is 14.7 Å². The van der Waals surface area contributed by atoms with Crippen LogP contribution >= 0.6 is 0 Å². The molecule has 0 aliphatic carbocycles. The Kier molecular flexibility index (Phi) is 11.3. The van der Waals surface area contributed by atoms with Crippen molar-refractivity contribution in [3.05, 3.63) is 30.1 Å². The highest BCUT2D eigenvalue weighted by molar-refractivity contribution is 5.80. The second kappa shape index (κ2) is 13.3. The predicted octanol–water partition coefficient (Wildman–Crippen LogP) is 1.65. The fourth-order valence-corrected chi connectivity index (χ4v) is 3.65. The maximum atomic E-state index is 12.5.